The van der Waals surface area contributed by atoms with E-state index in [0.717, 1.165) is 18.7 Å². The van der Waals surface area contributed by atoms with Gasteiger partial charge in [0.15, 0.2) is 0 Å². The fraction of sp³-hybridized carbons (Fsp3) is 0.294. The first-order valence-electron chi connectivity index (χ1n) is 7.06. The predicted octanol–water partition coefficient (Wildman–Crippen LogP) is 2.60. The van der Waals surface area contributed by atoms with Crippen molar-refractivity contribution in [1.82, 2.24) is 0 Å². The third-order valence-corrected chi connectivity index (χ3v) is 3.32. The van der Waals surface area contributed by atoms with Crippen molar-refractivity contribution in [3.05, 3.63) is 48.6 Å². The summed E-state index contributed by atoms with van der Waals surface area (Å²) in [5.41, 5.74) is 2.07. The maximum Gasteiger partial charge on any atom is 0.379 e. The number of nitrogens with zero attached hydrogens (tertiary/aromatic N) is 1. The molecule has 2 rings (SSSR count). The molecule has 0 radical (unpaired) electrons. The molecule has 0 N–H and O–H groups in total. The lowest BCUT2D eigenvalue weighted by Gasteiger charge is -2.17. The van der Waals surface area contributed by atoms with E-state index in [2.05, 4.69) is 16.2 Å². The van der Waals surface area contributed by atoms with Gasteiger partial charge in [-0.25, -0.2) is 4.79 Å². The van der Waals surface area contributed by atoms with Crippen molar-refractivity contribution < 1.29 is 14.3 Å². The largest absolute Gasteiger partial charge is 0.455 e. The number of ketones is 1. The normalized spacial score (nSPS) is 14.4. The summed E-state index contributed by atoms with van der Waals surface area (Å²) in [5, 5.41) is 0. The minimum absolute atomic E-state index is 0.0446. The molecular formula is C17H19NO3. The molecular weight excluding hydrogens is 266 g/mol. The summed E-state index contributed by atoms with van der Waals surface area (Å²) < 4.78 is 4.66. The number of hydrogen-bond donors (Lipinski definition) is 0. The second kappa shape index (κ2) is 7.43. The Morgan fingerprint density at radius 1 is 1.19 bits per heavy atom. The third-order valence-electron chi connectivity index (χ3n) is 3.32. The van der Waals surface area contributed by atoms with E-state index in [1.54, 1.807) is 6.08 Å². The molecule has 0 aliphatic carbocycles. The highest BCUT2D eigenvalue weighted by molar-refractivity contribution is 6.39. The number of carbonyl (C=O) groups excluding carboxylic acids is 2. The van der Waals surface area contributed by atoms with Gasteiger partial charge in [0.25, 0.3) is 5.78 Å². The maximum absolute atomic E-state index is 11.5. The maximum atomic E-state index is 11.5. The number of benzene rings is 1. The van der Waals surface area contributed by atoms with Crippen molar-refractivity contribution in [1.29, 1.82) is 0 Å². The lowest BCUT2D eigenvalue weighted by atomic mass is 10.1. The summed E-state index contributed by atoms with van der Waals surface area (Å²) in [6, 6.07) is 7.94. The van der Waals surface area contributed by atoms with Crippen molar-refractivity contribution >= 4 is 23.5 Å². The Morgan fingerprint density at radius 3 is 2.48 bits per heavy atom. The molecule has 1 aromatic carbocycles. The number of hydrogen-bond acceptors (Lipinski definition) is 4. The lowest BCUT2D eigenvalue weighted by molar-refractivity contribution is -0.150. The summed E-state index contributed by atoms with van der Waals surface area (Å²) in [5.74, 6) is -1.53. The second-order valence-corrected chi connectivity index (χ2v) is 4.87. The molecule has 4 heteroatoms. The van der Waals surface area contributed by atoms with Gasteiger partial charge < -0.3 is 9.64 Å². The Bertz CT molecular complexity index is 540. The quantitative estimate of drug-likeness (QED) is 0.349. The van der Waals surface area contributed by atoms with Crippen LogP contribution in [0, 0.1) is 0 Å². The number of esters is 1. The van der Waals surface area contributed by atoms with E-state index in [1.165, 1.54) is 30.7 Å². The van der Waals surface area contributed by atoms with Crippen molar-refractivity contribution in [2.45, 2.75) is 12.8 Å². The lowest BCUT2D eigenvalue weighted by Crippen LogP contribution is -2.17. The first kappa shape index (κ1) is 15.0. The molecule has 21 heavy (non-hydrogen) atoms. The van der Waals surface area contributed by atoms with Crippen LogP contribution in [0.1, 0.15) is 18.4 Å². The minimum atomic E-state index is -0.861. The number of rotatable bonds is 6. The molecule has 0 unspecified atom stereocenters. The van der Waals surface area contributed by atoms with Gasteiger partial charge in [-0.05, 0) is 36.6 Å². The molecule has 1 fully saturated rings. The highest BCUT2D eigenvalue weighted by Gasteiger charge is 2.12. The van der Waals surface area contributed by atoms with Gasteiger partial charge in [-0.15, -0.1) is 0 Å². The summed E-state index contributed by atoms with van der Waals surface area (Å²) in [7, 11) is 0. The molecule has 1 heterocycles. The Morgan fingerprint density at radius 2 is 1.86 bits per heavy atom. The Balaban J connectivity index is 1.93. The number of anilines is 1. The van der Waals surface area contributed by atoms with Crippen molar-refractivity contribution in [3.8, 4) is 0 Å². The van der Waals surface area contributed by atoms with Crippen LogP contribution in [0.25, 0.3) is 6.08 Å². The van der Waals surface area contributed by atoms with Gasteiger partial charge in [-0.1, -0.05) is 30.9 Å². The zero-order valence-electron chi connectivity index (χ0n) is 12.0. The summed E-state index contributed by atoms with van der Waals surface area (Å²) in [4.78, 5) is 25.1. The van der Waals surface area contributed by atoms with Crippen LogP contribution in [0.3, 0.4) is 0 Å². The van der Waals surface area contributed by atoms with Crippen LogP contribution in [0.15, 0.2) is 43.0 Å². The zero-order chi connectivity index (χ0) is 15.1. The fourth-order valence-corrected chi connectivity index (χ4v) is 2.22. The zero-order valence-corrected chi connectivity index (χ0v) is 12.0. The van der Waals surface area contributed by atoms with Crippen LogP contribution in [0.2, 0.25) is 0 Å². The van der Waals surface area contributed by atoms with Crippen molar-refractivity contribution in [3.63, 3.8) is 0 Å². The van der Waals surface area contributed by atoms with E-state index in [0.29, 0.717) is 0 Å². The van der Waals surface area contributed by atoms with Crippen LogP contribution in [0.4, 0.5) is 5.69 Å². The van der Waals surface area contributed by atoms with Crippen LogP contribution in [0.5, 0.6) is 0 Å². The van der Waals surface area contributed by atoms with E-state index in [9.17, 15) is 9.59 Å². The Hall–Kier alpha value is -2.36. The molecule has 0 saturated carbocycles. The molecule has 4 nitrogen and oxygen atoms in total. The van der Waals surface area contributed by atoms with Gasteiger partial charge in [0.05, 0.1) is 0 Å². The van der Waals surface area contributed by atoms with E-state index in [4.69, 9.17) is 0 Å². The monoisotopic (exact) mass is 285 g/mol. The molecule has 0 aromatic heterocycles. The van der Waals surface area contributed by atoms with Crippen LogP contribution < -0.4 is 4.90 Å². The SMILES string of the molecule is C=CCOC(=O)C(=O)/C=C/c1ccc(N2CCCC2)cc1. The average Bonchev–Trinajstić information content (AvgIpc) is 3.05. The fourth-order valence-electron chi connectivity index (χ4n) is 2.22. The van der Waals surface area contributed by atoms with E-state index < -0.39 is 11.8 Å². The molecule has 0 bridgehead atoms. The highest BCUT2D eigenvalue weighted by Crippen LogP contribution is 2.20. The molecule has 1 aromatic rings. The average molecular weight is 285 g/mol. The second-order valence-electron chi connectivity index (χ2n) is 4.87. The van der Waals surface area contributed by atoms with E-state index in [1.807, 2.05) is 24.3 Å². The smallest absolute Gasteiger partial charge is 0.379 e. The van der Waals surface area contributed by atoms with Crippen LogP contribution in [-0.2, 0) is 14.3 Å². The summed E-state index contributed by atoms with van der Waals surface area (Å²) in [6.45, 7) is 5.66. The van der Waals surface area contributed by atoms with E-state index >= 15 is 0 Å². The van der Waals surface area contributed by atoms with Gasteiger partial charge in [0.1, 0.15) is 6.61 Å². The van der Waals surface area contributed by atoms with Crippen LogP contribution in [-0.4, -0.2) is 31.4 Å². The van der Waals surface area contributed by atoms with Gasteiger partial charge in [0, 0.05) is 18.8 Å². The Kier molecular flexibility index (Phi) is 5.32. The minimum Gasteiger partial charge on any atom is -0.455 e. The highest BCUT2D eigenvalue weighted by atomic mass is 16.5. The van der Waals surface area contributed by atoms with Gasteiger partial charge in [-0.2, -0.15) is 0 Å². The molecule has 1 aliphatic heterocycles. The van der Waals surface area contributed by atoms with Gasteiger partial charge in [0.2, 0.25) is 0 Å². The Labute approximate surface area is 124 Å². The molecule has 0 amide bonds. The van der Waals surface area contributed by atoms with Crippen molar-refractivity contribution in [2.24, 2.45) is 0 Å². The van der Waals surface area contributed by atoms with Gasteiger partial charge >= 0.3 is 5.97 Å². The van der Waals surface area contributed by atoms with Crippen molar-refractivity contribution in [2.75, 3.05) is 24.6 Å². The predicted molar refractivity (Wildman–Crippen MR) is 83.1 cm³/mol. The topological polar surface area (TPSA) is 46.6 Å². The van der Waals surface area contributed by atoms with Gasteiger partial charge in [-0.3, -0.25) is 4.79 Å². The first-order valence-corrected chi connectivity index (χ1v) is 7.06. The molecule has 110 valence electrons. The third kappa shape index (κ3) is 4.31. The summed E-state index contributed by atoms with van der Waals surface area (Å²) >= 11 is 0. The molecule has 1 saturated heterocycles. The first-order chi connectivity index (χ1) is 10.2. The standard InChI is InChI=1S/C17H19NO3/c1-2-13-21-17(20)16(19)10-7-14-5-8-15(9-6-14)18-11-3-4-12-18/h2,5-10H,1,3-4,11-13H2/b10-7+. The molecule has 0 atom stereocenters. The summed E-state index contributed by atoms with van der Waals surface area (Å²) in [6.07, 6.45) is 6.75. The molecule has 1 aliphatic rings. The molecule has 0 spiro atoms. The number of carbonyl (C=O) groups is 2. The number of ether oxygens (including phenoxy) is 1. The van der Waals surface area contributed by atoms with E-state index in [-0.39, 0.29) is 6.61 Å². The van der Waals surface area contributed by atoms with Crippen LogP contribution >= 0.6 is 0 Å².